The van der Waals surface area contributed by atoms with Gasteiger partial charge in [-0.25, -0.2) is 0 Å². The zero-order chi connectivity index (χ0) is 68.4. The van der Waals surface area contributed by atoms with E-state index in [0.29, 0.717) is 5.56 Å². The summed E-state index contributed by atoms with van der Waals surface area (Å²) in [6.07, 6.45) is 0. The van der Waals surface area contributed by atoms with Crippen molar-refractivity contribution in [3.05, 3.63) is 277 Å². The maximum Gasteiger partial charge on any atom is 0.252 e. The maximum absolute atomic E-state index is 9.51. The van der Waals surface area contributed by atoms with Crippen molar-refractivity contribution in [3.8, 4) is 50.2 Å². The van der Waals surface area contributed by atoms with Crippen molar-refractivity contribution < 1.29 is 11.3 Å². The van der Waals surface area contributed by atoms with Crippen LogP contribution in [0, 0.1) is 0 Å². The Morgan fingerprint density at radius 1 is 0.344 bits per heavy atom. The van der Waals surface area contributed by atoms with Gasteiger partial charge in [-0.05, 0) is 166 Å². The molecule has 0 spiro atoms. The molecule has 0 aliphatic carbocycles. The van der Waals surface area contributed by atoms with E-state index in [2.05, 4.69) is 298 Å². The normalized spacial score (nSPS) is 14.1. The standard InChI is InChI=1S/C88H78BN3O/c1-85(2,3)62-33-26-34-66(52-62)90-72-37-24-22-35-68(72)82-73(90)44-41-67(57-31-20-15-21-32-57)84(82)92-75-48-59(60-45-63(86(4,5)6)51-64(46-60)87(7,8)9)40-43-71(75)89-70-42-39-58(55-27-16-13-17-28-55)47-74(70)91(77-53-65(88(10,11)12)54-78(92)83(77)89)76-49-61(56-29-18-14-19-30-56)50-80-81(76)69-36-23-25-38-79(69)93-80/h13-54H,1-12H3/i13D,16D,17D,27D,28D. The minimum Gasteiger partial charge on any atom is -0.456 e. The number of hydrogen-bond acceptors (Lipinski definition) is 3. The lowest BCUT2D eigenvalue weighted by molar-refractivity contribution is 0.569. The Labute approximate surface area is 555 Å². The van der Waals surface area contributed by atoms with Crippen molar-refractivity contribution in [2.24, 2.45) is 0 Å². The summed E-state index contributed by atoms with van der Waals surface area (Å²) in [7, 11) is 0. The Balaban J connectivity index is 1.10. The molecule has 4 nitrogen and oxygen atoms in total. The lowest BCUT2D eigenvalue weighted by atomic mass is 9.33. The lowest BCUT2D eigenvalue weighted by Gasteiger charge is -2.46. The molecule has 2 aromatic heterocycles. The van der Waals surface area contributed by atoms with Crippen LogP contribution in [0.1, 0.15) is 112 Å². The summed E-state index contributed by atoms with van der Waals surface area (Å²) < 4.78 is 55.2. The van der Waals surface area contributed by atoms with Crippen LogP contribution in [0.2, 0.25) is 0 Å². The van der Waals surface area contributed by atoms with E-state index in [1.165, 1.54) is 16.7 Å². The molecule has 454 valence electrons. The summed E-state index contributed by atoms with van der Waals surface area (Å²) in [5.41, 5.74) is 24.9. The summed E-state index contributed by atoms with van der Waals surface area (Å²) >= 11 is 0. The molecule has 16 rings (SSSR count). The molecule has 0 saturated carbocycles. The third-order valence-corrected chi connectivity index (χ3v) is 19.6. The predicted octanol–water partition coefficient (Wildman–Crippen LogP) is 22.6. The van der Waals surface area contributed by atoms with Crippen molar-refractivity contribution >= 4 is 101 Å². The number of rotatable bonds is 7. The smallest absolute Gasteiger partial charge is 0.252 e. The second-order valence-electron chi connectivity index (χ2n) is 29.8. The van der Waals surface area contributed by atoms with E-state index >= 15 is 0 Å². The van der Waals surface area contributed by atoms with E-state index in [4.69, 9.17) is 8.53 Å². The molecule has 14 aromatic rings. The van der Waals surface area contributed by atoms with Crippen molar-refractivity contribution in [1.29, 1.82) is 0 Å². The number of benzene rings is 12. The Morgan fingerprint density at radius 2 is 0.892 bits per heavy atom. The summed E-state index contributed by atoms with van der Waals surface area (Å²) in [6, 6.07) is 80.6. The van der Waals surface area contributed by atoms with Crippen LogP contribution in [0.3, 0.4) is 0 Å². The Bertz CT molecular complexity index is 5580. The first-order valence-electron chi connectivity index (χ1n) is 35.3. The van der Waals surface area contributed by atoms with Crippen molar-refractivity contribution in [3.63, 3.8) is 0 Å². The molecule has 5 heteroatoms. The molecule has 0 bridgehead atoms. The van der Waals surface area contributed by atoms with Gasteiger partial charge in [0, 0.05) is 50.2 Å². The Hall–Kier alpha value is -10.1. The minimum absolute atomic E-state index is 0.100. The summed E-state index contributed by atoms with van der Waals surface area (Å²) in [5, 5.41) is 4.13. The van der Waals surface area contributed by atoms with Gasteiger partial charge >= 0.3 is 0 Å². The number of anilines is 6. The monoisotopic (exact) mass is 1210 g/mol. The van der Waals surface area contributed by atoms with E-state index < -0.39 is 18.2 Å². The van der Waals surface area contributed by atoms with Crippen molar-refractivity contribution in [2.45, 2.75) is 105 Å². The molecule has 2 aliphatic heterocycles. The molecular weight excluding hydrogens is 1130 g/mol. The zero-order valence-electron chi connectivity index (χ0n) is 60.2. The fourth-order valence-electron chi connectivity index (χ4n) is 14.6. The minimum atomic E-state index is -0.431. The number of fused-ring (bicyclic) bond motifs is 10. The predicted molar refractivity (Wildman–Crippen MR) is 399 cm³/mol. The number of hydrogen-bond donors (Lipinski definition) is 0. The first-order chi connectivity index (χ1) is 46.7. The third-order valence-electron chi connectivity index (χ3n) is 19.6. The average molecular weight is 1210 g/mol. The quantitative estimate of drug-likeness (QED) is 0.149. The number of aromatic nitrogens is 1. The molecule has 93 heavy (non-hydrogen) atoms. The van der Waals surface area contributed by atoms with Gasteiger partial charge in [0.25, 0.3) is 6.71 Å². The lowest BCUT2D eigenvalue weighted by Crippen LogP contribution is -2.61. The molecule has 0 saturated heterocycles. The highest BCUT2D eigenvalue weighted by Gasteiger charge is 2.46. The van der Waals surface area contributed by atoms with Gasteiger partial charge in [0.2, 0.25) is 0 Å². The van der Waals surface area contributed by atoms with Gasteiger partial charge in [-0.1, -0.05) is 271 Å². The highest BCUT2D eigenvalue weighted by molar-refractivity contribution is 7.00. The van der Waals surface area contributed by atoms with Crippen LogP contribution in [0.5, 0.6) is 0 Å². The maximum atomic E-state index is 9.51. The average Bonchev–Trinajstić information content (AvgIpc) is 1.70. The molecule has 0 atom stereocenters. The fraction of sp³-hybridized carbons (Fsp3) is 0.182. The molecule has 4 heterocycles. The van der Waals surface area contributed by atoms with Crippen LogP contribution in [0.25, 0.3) is 93.9 Å². The van der Waals surface area contributed by atoms with Crippen LogP contribution >= 0.6 is 0 Å². The van der Waals surface area contributed by atoms with E-state index in [-0.39, 0.29) is 46.0 Å². The van der Waals surface area contributed by atoms with Gasteiger partial charge < -0.3 is 18.8 Å². The number of furan rings is 1. The highest BCUT2D eigenvalue weighted by atomic mass is 16.3. The van der Waals surface area contributed by atoms with Gasteiger partial charge in [0.1, 0.15) is 11.2 Å². The van der Waals surface area contributed by atoms with Gasteiger partial charge in [0.15, 0.2) is 0 Å². The van der Waals surface area contributed by atoms with E-state index in [9.17, 15) is 2.74 Å². The molecule has 0 N–H and O–H groups in total. The van der Waals surface area contributed by atoms with Crippen molar-refractivity contribution in [1.82, 2.24) is 4.57 Å². The van der Waals surface area contributed by atoms with E-state index in [0.717, 1.165) is 139 Å². The van der Waals surface area contributed by atoms with Crippen molar-refractivity contribution in [2.75, 3.05) is 9.80 Å². The number of nitrogens with zero attached hydrogens (tertiary/aromatic N) is 3. The molecule has 2 aliphatic rings. The first-order valence-corrected chi connectivity index (χ1v) is 32.8. The molecule has 0 unspecified atom stereocenters. The van der Waals surface area contributed by atoms with E-state index in [1.807, 2.05) is 24.3 Å². The van der Waals surface area contributed by atoms with Crippen LogP contribution < -0.4 is 26.2 Å². The third kappa shape index (κ3) is 9.64. The molecule has 12 aromatic carbocycles. The SMILES string of the molecule is [2H]c1c([2H])c([2H])c(-c2ccc3c(c2)N(c2cc(-c4ccccc4)cc4oc5ccccc5c24)c2cc(C(C)(C)C)cc4c2B3c2ccc(-c3cc(C(C)(C)C)cc(C(C)(C)C)c3)cc2N4c2c(-c3ccccc3)ccc3c2c2ccccc2n3-c2cccc(C(C)(C)C)c2)c([2H])c1[2H]. The fourth-order valence-corrected chi connectivity index (χ4v) is 14.6. The van der Waals surface area contributed by atoms with Crippen LogP contribution in [-0.4, -0.2) is 11.3 Å². The van der Waals surface area contributed by atoms with E-state index in [1.54, 1.807) is 0 Å². The van der Waals surface area contributed by atoms with Gasteiger partial charge in [-0.2, -0.15) is 0 Å². The molecule has 0 fully saturated rings. The van der Waals surface area contributed by atoms with Crippen LogP contribution in [0.4, 0.5) is 34.1 Å². The summed E-state index contributed by atoms with van der Waals surface area (Å²) in [6.45, 7) is 27.2. The molecule has 0 amide bonds. The van der Waals surface area contributed by atoms with Gasteiger partial charge in [-0.3, -0.25) is 0 Å². The second kappa shape index (κ2) is 21.2. The summed E-state index contributed by atoms with van der Waals surface area (Å²) in [5.74, 6) is 0. The van der Waals surface area contributed by atoms with Crippen LogP contribution in [-0.2, 0) is 21.7 Å². The van der Waals surface area contributed by atoms with Gasteiger partial charge in [-0.15, -0.1) is 0 Å². The highest BCUT2D eigenvalue weighted by Crippen LogP contribution is 2.55. The Kier molecular flexibility index (Phi) is 12.0. The van der Waals surface area contributed by atoms with Gasteiger partial charge in [0.05, 0.1) is 34.6 Å². The molecular formula is C88H78BN3O. The van der Waals surface area contributed by atoms with Crippen LogP contribution in [0.15, 0.2) is 259 Å². The Morgan fingerprint density at radius 3 is 1.55 bits per heavy atom. The largest absolute Gasteiger partial charge is 0.456 e. The number of para-hydroxylation sites is 2. The molecule has 0 radical (unpaired) electrons. The second-order valence-corrected chi connectivity index (χ2v) is 29.8. The topological polar surface area (TPSA) is 24.6 Å². The summed E-state index contributed by atoms with van der Waals surface area (Å²) in [4.78, 5) is 5.06. The first kappa shape index (κ1) is 52.5. The zero-order valence-corrected chi connectivity index (χ0v) is 55.2.